The number of carbonyl (C=O) groups is 3. The summed E-state index contributed by atoms with van der Waals surface area (Å²) in [6, 6.07) is 81.1. The van der Waals surface area contributed by atoms with Crippen molar-refractivity contribution >= 4 is 180 Å². The number of rotatable bonds is 14. The van der Waals surface area contributed by atoms with Crippen LogP contribution in [0.5, 0.6) is 0 Å². The van der Waals surface area contributed by atoms with E-state index < -0.39 is 21.3 Å². The van der Waals surface area contributed by atoms with E-state index >= 15 is 0 Å². The zero-order chi connectivity index (χ0) is 83.7. The molecule has 0 spiro atoms. The van der Waals surface area contributed by atoms with Crippen molar-refractivity contribution in [1.29, 1.82) is 0 Å². The van der Waals surface area contributed by atoms with E-state index in [0.717, 1.165) is 130 Å². The van der Waals surface area contributed by atoms with E-state index in [1.54, 1.807) is 18.6 Å². The minimum Gasteiger partial charge on any atom is -0.486 e. The van der Waals surface area contributed by atoms with E-state index in [-0.39, 0.29) is 107 Å². The van der Waals surface area contributed by atoms with Crippen molar-refractivity contribution in [2.24, 2.45) is 11.8 Å². The number of allylic oxidation sites excluding steroid dienone is 6. The number of aliphatic hydroxyl groups is 3. The van der Waals surface area contributed by atoms with Gasteiger partial charge in [-0.05, 0) is 123 Å². The molecule has 0 saturated heterocycles. The fourth-order valence-electron chi connectivity index (χ4n) is 15.1. The van der Waals surface area contributed by atoms with Gasteiger partial charge < -0.3 is 24.2 Å². The molecular weight excluding hydrogens is 2120 g/mol. The number of nitrogens with zero attached hydrogens (tertiary/aromatic N) is 6. The van der Waals surface area contributed by atoms with Gasteiger partial charge in [-0.3, -0.25) is 24.4 Å². The second-order valence-corrected chi connectivity index (χ2v) is 47.1. The summed E-state index contributed by atoms with van der Waals surface area (Å²) < 4.78 is 19.8. The summed E-state index contributed by atoms with van der Waals surface area (Å²) in [5, 5.41) is 45.3. The molecule has 9 heterocycles. The third kappa shape index (κ3) is 20.9. The topological polar surface area (TPSA) is 229 Å². The predicted octanol–water partition coefficient (Wildman–Crippen LogP) is 25.5. The van der Waals surface area contributed by atoms with Crippen molar-refractivity contribution < 1.29 is 103 Å². The Bertz CT molecular complexity index is 6650. The van der Waals surface area contributed by atoms with E-state index in [0.29, 0.717) is 17.1 Å². The fraction of sp³-hybridized carbons (Fsp3) is 0.198. The van der Waals surface area contributed by atoms with Gasteiger partial charge in [0.2, 0.25) is 11.4 Å². The average molecular weight is 2210 g/mol. The molecule has 3 N–H and O–H groups in total. The Morgan fingerprint density at radius 1 is 0.405 bits per heavy atom. The summed E-state index contributed by atoms with van der Waals surface area (Å²) >= 11 is -2.24. The molecule has 0 saturated carbocycles. The Kier molecular flexibility index (Phi) is 31.1. The predicted molar refractivity (Wildman–Crippen MR) is 490 cm³/mol. The summed E-state index contributed by atoms with van der Waals surface area (Å²) in [4.78, 5) is 60.0. The number of benzene rings is 9. The quantitative estimate of drug-likeness (QED) is 0.0302. The summed E-state index contributed by atoms with van der Waals surface area (Å²) in [7, 11) is -1.68. The Balaban J connectivity index is 0.000000163. The molecule has 0 aliphatic carbocycles. The Hall–Kier alpha value is -10.8. The maximum atomic E-state index is 11.7. The normalized spacial score (nSPS) is 11.8. The second-order valence-electron chi connectivity index (χ2n) is 31.5. The minimum absolute atomic E-state index is 0. The van der Waals surface area contributed by atoms with Crippen LogP contribution in [0.2, 0.25) is 36.9 Å². The van der Waals surface area contributed by atoms with Crippen LogP contribution < -0.4 is 9.58 Å². The van der Waals surface area contributed by atoms with Crippen LogP contribution in [-0.4, -0.2) is 83.9 Å². The number of aliphatic hydroxyl groups excluding tert-OH is 3. The van der Waals surface area contributed by atoms with Crippen LogP contribution in [0.3, 0.4) is 0 Å². The van der Waals surface area contributed by atoms with E-state index in [1.807, 2.05) is 107 Å². The maximum Gasteiger partial charge on any atom is 0.216 e. The minimum atomic E-state index is -2.24. The summed E-state index contributed by atoms with van der Waals surface area (Å²) in [6.45, 7) is 20.9. The Morgan fingerprint density at radius 2 is 0.777 bits per heavy atom. The molecule has 0 atom stereocenters. The Morgan fingerprint density at radius 3 is 1.18 bits per heavy atom. The fourth-order valence-corrected chi connectivity index (χ4v) is 20.0. The van der Waals surface area contributed by atoms with Gasteiger partial charge >= 0.3 is 183 Å². The van der Waals surface area contributed by atoms with Gasteiger partial charge in [0.05, 0.1) is 47.6 Å². The van der Waals surface area contributed by atoms with Crippen LogP contribution >= 0.6 is 0 Å². The van der Waals surface area contributed by atoms with Crippen LogP contribution in [0, 0.1) is 30.0 Å². The van der Waals surface area contributed by atoms with Crippen LogP contribution in [0.25, 0.3) is 165 Å². The second kappa shape index (κ2) is 40.7. The van der Waals surface area contributed by atoms with Crippen molar-refractivity contribution in [3.63, 3.8) is 0 Å². The first kappa shape index (κ1) is 92.5. The number of carbonyl (C=O) groups excluding carboxylic acids is 3. The zero-order valence-electron chi connectivity index (χ0n) is 70.1. The number of fused-ring (bicyclic) bond motifs is 18. The average Bonchev–Trinajstić information content (AvgIpc) is 1.78. The smallest absolute Gasteiger partial charge is 0.216 e. The number of hydrogen-bond acceptors (Lipinski definition) is 15. The third-order valence-electron chi connectivity index (χ3n) is 20.9. The first-order valence-electron chi connectivity index (χ1n) is 39.9. The van der Waals surface area contributed by atoms with E-state index in [9.17, 15) is 19.5 Å². The Labute approximate surface area is 748 Å². The molecule has 0 fully saturated rings. The van der Waals surface area contributed by atoms with Crippen molar-refractivity contribution in [1.82, 2.24) is 29.9 Å². The molecular formula is C101H95GeIr3N6O9Si-3. The molecule has 0 amide bonds. The van der Waals surface area contributed by atoms with Crippen LogP contribution in [0.1, 0.15) is 81.1 Å². The SMILES string of the molecule is CC(=O)C=C(C)O.CC(=O)C=C(C)O.CCC(CC)C(=O)C=C(O)C(CC)CC.C[Si](C)(C)c1cc(-c2[c-]ccc3c2oc2ncccc23)nc2ccc3ccccc3c12.[CH3][Ge]([CH3])([CH3])[c]1cc(-c2[c-]ccc3c2oc2ncccc23)nc2ccc3ccccc3c12.[Ir].[Ir].[Ir].[c-]1ccc2c(oc3ncccc32)c1-c1ccc2c(ccc3ccccc32)n1. The van der Waals surface area contributed by atoms with Crippen LogP contribution in [0.4, 0.5) is 0 Å². The number of hydrogen-bond donors (Lipinski definition) is 3. The number of aromatic nitrogens is 6. The summed E-state index contributed by atoms with van der Waals surface area (Å²) in [6.07, 6.45) is 12.5. The van der Waals surface area contributed by atoms with Gasteiger partial charge in [0.1, 0.15) is 0 Å². The van der Waals surface area contributed by atoms with Gasteiger partial charge in [0.25, 0.3) is 0 Å². The molecule has 621 valence electrons. The number of pyridine rings is 6. The molecule has 121 heavy (non-hydrogen) atoms. The molecule has 0 unspecified atom stereocenters. The molecule has 3 radical (unpaired) electrons. The zero-order valence-corrected chi connectivity index (χ0v) is 80.3. The number of furan rings is 3. The standard InChI is InChI=1S/C27H21GeN2O.C27H21N2OSi.C24H13N2O.C13H24O2.2C5H8O2.3Ir/c1-28(2,3)22-16-24(30-23-14-13-17-8-4-5-9-18(17)25(22)23)21-11-6-10-19-20-12-7-15-29-27(20)31-26(19)21;1-31(2,3)24-16-23(29-22-14-13-17-8-4-5-9-18(17)25(22)24)21-11-6-10-19-20-12-7-15-28-27(20)30-26(19)21;1-2-6-16-15(5-1)10-12-21-17(16)11-13-22(26-21)20-8-3-7-18-19-9-4-14-25-24(19)27-23(18)20;1-5-10(6-2)12(14)9-13(15)11(7-3)8-4;2*1-4(6)3-5(2)7;;;/h2*4-10,12-16H,1-3H3;1-7,9-14H;9-11,14H,5-8H2,1-4H3;2*3,6H,1-2H3;;;/q3*-1;;;;;;. The van der Waals surface area contributed by atoms with Crippen molar-refractivity contribution in [3.05, 3.63) is 279 Å². The van der Waals surface area contributed by atoms with E-state index in [1.165, 1.54) is 98.6 Å². The van der Waals surface area contributed by atoms with Gasteiger partial charge in [-0.1, -0.05) is 153 Å². The van der Waals surface area contributed by atoms with Crippen molar-refractivity contribution in [2.75, 3.05) is 0 Å². The molecule has 20 heteroatoms. The first-order chi connectivity index (χ1) is 56.7. The van der Waals surface area contributed by atoms with Crippen molar-refractivity contribution in [3.8, 4) is 33.8 Å². The number of ketones is 3. The molecule has 0 bridgehead atoms. The van der Waals surface area contributed by atoms with E-state index in [2.05, 4.69) is 197 Å². The molecule has 9 aromatic carbocycles. The molecule has 15 nitrogen and oxygen atoms in total. The van der Waals surface area contributed by atoms with Gasteiger partial charge in [0.15, 0.2) is 17.3 Å². The molecule has 18 rings (SSSR count). The molecule has 0 aliphatic rings. The van der Waals surface area contributed by atoms with Crippen LogP contribution in [0.15, 0.2) is 274 Å². The summed E-state index contributed by atoms with van der Waals surface area (Å²) in [5.74, 6) is 7.74. The maximum absolute atomic E-state index is 11.7. The molecule has 0 aliphatic heterocycles. The largest absolute Gasteiger partial charge is 0.486 e. The van der Waals surface area contributed by atoms with Gasteiger partial charge in [-0.2, -0.15) is 0 Å². The monoisotopic (exact) mass is 2220 g/mol. The van der Waals surface area contributed by atoms with Crippen molar-refractivity contribution in [2.45, 2.75) is 118 Å². The first-order valence-corrected chi connectivity index (χ1v) is 50.8. The summed E-state index contributed by atoms with van der Waals surface area (Å²) in [5.41, 5.74) is 12.7. The van der Waals surface area contributed by atoms with Gasteiger partial charge in [-0.15, -0.1) is 36.4 Å². The molecule has 18 aromatic rings. The van der Waals surface area contributed by atoms with Gasteiger partial charge in [-0.25, -0.2) is 9.97 Å². The third-order valence-corrected chi connectivity index (χ3v) is 27.1. The molecule has 9 aromatic heterocycles. The van der Waals surface area contributed by atoms with E-state index in [4.69, 9.17) is 38.4 Å². The van der Waals surface area contributed by atoms with Gasteiger partial charge in [0, 0.05) is 124 Å². The van der Waals surface area contributed by atoms with Crippen LogP contribution in [-0.2, 0) is 74.7 Å².